The highest BCUT2D eigenvalue weighted by molar-refractivity contribution is 5.31. The van der Waals surface area contributed by atoms with Crippen LogP contribution in [0.3, 0.4) is 0 Å². The molecule has 0 N–H and O–H groups in total. The van der Waals surface area contributed by atoms with Crippen LogP contribution in [0.5, 0.6) is 0 Å². The number of halogens is 5. The van der Waals surface area contributed by atoms with Gasteiger partial charge in [0, 0.05) is 5.56 Å². The van der Waals surface area contributed by atoms with Gasteiger partial charge in [-0.05, 0) is 19.1 Å². The molecule has 5 heteroatoms. The number of aryl methyl sites for hydroxylation is 1. The van der Waals surface area contributed by atoms with Gasteiger partial charge in [0.1, 0.15) is 0 Å². The molecule has 0 unspecified atom stereocenters. The standard InChI is InChI=1S/C9H7F5.C2H6/c1-5-2-6(8(10)11)4-7(3-5)9(12,13)14;1-2/h2-4,8H,1H3;1-2H3. The van der Waals surface area contributed by atoms with Crippen LogP contribution in [0.2, 0.25) is 0 Å². The lowest BCUT2D eigenvalue weighted by atomic mass is 10.1. The van der Waals surface area contributed by atoms with Crippen LogP contribution in [0.25, 0.3) is 0 Å². The number of benzene rings is 1. The second-order valence-electron chi connectivity index (χ2n) is 2.93. The van der Waals surface area contributed by atoms with E-state index in [1.54, 1.807) is 0 Å². The van der Waals surface area contributed by atoms with Crippen molar-refractivity contribution in [1.29, 1.82) is 0 Å². The Bertz CT molecular complexity index is 328. The van der Waals surface area contributed by atoms with Gasteiger partial charge in [-0.2, -0.15) is 13.2 Å². The molecule has 1 aromatic carbocycles. The summed E-state index contributed by atoms with van der Waals surface area (Å²) in [4.78, 5) is 0. The van der Waals surface area contributed by atoms with Crippen molar-refractivity contribution >= 4 is 0 Å². The van der Waals surface area contributed by atoms with E-state index in [0.29, 0.717) is 6.07 Å². The molecule has 0 saturated carbocycles. The fourth-order valence-corrected chi connectivity index (χ4v) is 1.10. The van der Waals surface area contributed by atoms with Crippen LogP contribution >= 0.6 is 0 Å². The molecular formula is C11H13F5. The van der Waals surface area contributed by atoms with E-state index in [9.17, 15) is 22.0 Å². The summed E-state index contributed by atoms with van der Waals surface area (Å²) in [5.74, 6) is 0. The normalized spacial score (nSPS) is 11.1. The third-order valence-corrected chi connectivity index (χ3v) is 1.68. The zero-order valence-corrected chi connectivity index (χ0v) is 9.20. The Kier molecular flexibility index (Phi) is 5.41. The SMILES string of the molecule is CC.Cc1cc(C(F)F)cc(C(F)(F)F)c1. The summed E-state index contributed by atoms with van der Waals surface area (Å²) in [6.07, 6.45) is -7.45. The lowest BCUT2D eigenvalue weighted by Crippen LogP contribution is -2.06. The molecule has 0 aliphatic carbocycles. The fourth-order valence-electron chi connectivity index (χ4n) is 1.10. The Balaban J connectivity index is 0.00000106. The first kappa shape index (κ1) is 14.9. The van der Waals surface area contributed by atoms with E-state index >= 15 is 0 Å². The number of hydrogen-bond donors (Lipinski definition) is 0. The molecule has 0 aliphatic rings. The predicted octanol–water partition coefficient (Wildman–Crippen LogP) is 4.98. The Morgan fingerprint density at radius 2 is 1.50 bits per heavy atom. The van der Waals surface area contributed by atoms with E-state index in [1.807, 2.05) is 13.8 Å². The maximum Gasteiger partial charge on any atom is 0.416 e. The lowest BCUT2D eigenvalue weighted by molar-refractivity contribution is -0.137. The summed E-state index contributed by atoms with van der Waals surface area (Å²) in [5.41, 5.74) is -1.46. The first-order valence-corrected chi connectivity index (χ1v) is 4.77. The van der Waals surface area contributed by atoms with Crippen LogP contribution in [0.1, 0.15) is 37.0 Å². The van der Waals surface area contributed by atoms with Gasteiger partial charge >= 0.3 is 6.18 Å². The monoisotopic (exact) mass is 240 g/mol. The Morgan fingerprint density at radius 3 is 1.88 bits per heavy atom. The fraction of sp³-hybridized carbons (Fsp3) is 0.455. The summed E-state index contributed by atoms with van der Waals surface area (Å²) in [6.45, 7) is 5.35. The number of hydrogen-bond acceptors (Lipinski definition) is 0. The molecule has 0 saturated heterocycles. The highest BCUT2D eigenvalue weighted by Gasteiger charge is 2.31. The van der Waals surface area contributed by atoms with Crippen molar-refractivity contribution in [3.63, 3.8) is 0 Å². The van der Waals surface area contributed by atoms with E-state index < -0.39 is 23.7 Å². The maximum absolute atomic E-state index is 12.2. The van der Waals surface area contributed by atoms with E-state index in [0.717, 1.165) is 12.1 Å². The molecule has 0 heterocycles. The second-order valence-corrected chi connectivity index (χ2v) is 2.93. The van der Waals surface area contributed by atoms with Gasteiger partial charge in [0.25, 0.3) is 6.43 Å². The van der Waals surface area contributed by atoms with E-state index in [4.69, 9.17) is 0 Å². The minimum Gasteiger partial charge on any atom is -0.205 e. The molecule has 92 valence electrons. The highest BCUT2D eigenvalue weighted by atomic mass is 19.4. The van der Waals surface area contributed by atoms with Crippen LogP contribution < -0.4 is 0 Å². The average molecular weight is 240 g/mol. The molecule has 1 rings (SSSR count). The van der Waals surface area contributed by atoms with E-state index in [-0.39, 0.29) is 5.56 Å². The van der Waals surface area contributed by atoms with Gasteiger partial charge in [0.2, 0.25) is 0 Å². The molecule has 0 radical (unpaired) electrons. The largest absolute Gasteiger partial charge is 0.416 e. The Hall–Kier alpha value is -1.13. The minimum atomic E-state index is -4.57. The van der Waals surface area contributed by atoms with E-state index in [2.05, 4.69) is 0 Å². The molecule has 0 nitrogen and oxygen atoms in total. The van der Waals surface area contributed by atoms with E-state index in [1.165, 1.54) is 6.92 Å². The third kappa shape index (κ3) is 4.16. The zero-order chi connectivity index (χ0) is 12.9. The van der Waals surface area contributed by atoms with Crippen molar-refractivity contribution in [1.82, 2.24) is 0 Å². The molecule has 0 amide bonds. The van der Waals surface area contributed by atoms with Gasteiger partial charge in [-0.15, -0.1) is 0 Å². The summed E-state index contributed by atoms with van der Waals surface area (Å²) in [5, 5.41) is 0. The molecule has 0 aliphatic heterocycles. The number of alkyl halides is 5. The zero-order valence-electron chi connectivity index (χ0n) is 9.20. The molecule has 0 fully saturated rings. The summed E-state index contributed by atoms with van der Waals surface area (Å²) in [7, 11) is 0. The quantitative estimate of drug-likeness (QED) is 0.607. The summed E-state index contributed by atoms with van der Waals surface area (Å²) >= 11 is 0. The van der Waals surface area contributed by atoms with Crippen LogP contribution in [-0.4, -0.2) is 0 Å². The van der Waals surface area contributed by atoms with Crippen molar-refractivity contribution in [3.8, 4) is 0 Å². The van der Waals surface area contributed by atoms with Crippen molar-refractivity contribution in [2.24, 2.45) is 0 Å². The van der Waals surface area contributed by atoms with Crippen LogP contribution in [0, 0.1) is 6.92 Å². The smallest absolute Gasteiger partial charge is 0.205 e. The summed E-state index contributed by atoms with van der Waals surface area (Å²) < 4.78 is 60.8. The molecule has 0 atom stereocenters. The maximum atomic E-state index is 12.2. The Morgan fingerprint density at radius 1 is 1.00 bits per heavy atom. The van der Waals surface area contributed by atoms with Gasteiger partial charge in [-0.25, -0.2) is 8.78 Å². The topological polar surface area (TPSA) is 0 Å². The van der Waals surface area contributed by atoms with Gasteiger partial charge in [-0.1, -0.05) is 25.5 Å². The number of rotatable bonds is 1. The average Bonchev–Trinajstić information content (AvgIpc) is 2.18. The molecule has 16 heavy (non-hydrogen) atoms. The first-order valence-electron chi connectivity index (χ1n) is 4.77. The Labute approximate surface area is 91.1 Å². The van der Waals surface area contributed by atoms with Crippen LogP contribution in [0.15, 0.2) is 18.2 Å². The van der Waals surface area contributed by atoms with Crippen LogP contribution in [-0.2, 0) is 6.18 Å². The minimum absolute atomic E-state index is 0.176. The highest BCUT2D eigenvalue weighted by Crippen LogP contribution is 2.32. The van der Waals surface area contributed by atoms with Crippen molar-refractivity contribution in [3.05, 3.63) is 34.9 Å². The van der Waals surface area contributed by atoms with Gasteiger partial charge in [0.15, 0.2) is 0 Å². The van der Waals surface area contributed by atoms with Gasteiger partial charge < -0.3 is 0 Å². The molecule has 0 bridgehead atoms. The molecule has 0 spiro atoms. The lowest BCUT2D eigenvalue weighted by Gasteiger charge is -2.09. The van der Waals surface area contributed by atoms with Gasteiger partial charge in [0.05, 0.1) is 5.56 Å². The first-order chi connectivity index (χ1) is 7.30. The van der Waals surface area contributed by atoms with Crippen molar-refractivity contribution < 1.29 is 22.0 Å². The second kappa shape index (κ2) is 5.82. The third-order valence-electron chi connectivity index (χ3n) is 1.68. The van der Waals surface area contributed by atoms with Crippen LogP contribution in [0.4, 0.5) is 22.0 Å². The molecule has 1 aromatic rings. The molecule has 0 aromatic heterocycles. The molecular weight excluding hydrogens is 227 g/mol. The summed E-state index contributed by atoms with van der Waals surface area (Å²) in [6, 6.07) is 2.35. The predicted molar refractivity (Wildman–Crippen MR) is 52.5 cm³/mol. The van der Waals surface area contributed by atoms with Crippen molar-refractivity contribution in [2.75, 3.05) is 0 Å². The van der Waals surface area contributed by atoms with Gasteiger partial charge in [-0.3, -0.25) is 0 Å². The van der Waals surface area contributed by atoms with Crippen molar-refractivity contribution in [2.45, 2.75) is 33.4 Å².